The average Bonchev–Trinajstić information content (AvgIpc) is 2.33. The Labute approximate surface area is 111 Å². The maximum absolute atomic E-state index is 9.75. The van der Waals surface area contributed by atoms with Crippen molar-refractivity contribution >= 4 is 0 Å². The maximum atomic E-state index is 9.75. The third-order valence-corrected chi connectivity index (χ3v) is 2.94. The number of hydrogen-bond acceptors (Lipinski definition) is 2. The summed E-state index contributed by atoms with van der Waals surface area (Å²) in [6.07, 6.45) is 1.44. The highest BCUT2D eigenvalue weighted by molar-refractivity contribution is 5.16. The van der Waals surface area contributed by atoms with Crippen molar-refractivity contribution in [1.82, 2.24) is 10.9 Å². The Morgan fingerprint density at radius 1 is 1.17 bits per heavy atom. The summed E-state index contributed by atoms with van der Waals surface area (Å²) >= 11 is 0. The first-order valence-electron chi connectivity index (χ1n) is 6.74. The van der Waals surface area contributed by atoms with E-state index in [4.69, 9.17) is 0 Å². The first-order chi connectivity index (χ1) is 8.59. The summed E-state index contributed by atoms with van der Waals surface area (Å²) in [5.74, 6) is 0.673. The van der Waals surface area contributed by atoms with Gasteiger partial charge in [0.25, 0.3) is 0 Å². The van der Waals surface area contributed by atoms with E-state index < -0.39 is 6.10 Å². The highest BCUT2D eigenvalue weighted by atomic mass is 16.3. The lowest BCUT2D eigenvalue weighted by atomic mass is 10.0. The molecule has 2 N–H and O–H groups in total. The molecule has 0 heterocycles. The Morgan fingerprint density at radius 3 is 2.39 bits per heavy atom. The molecule has 18 heavy (non-hydrogen) atoms. The van der Waals surface area contributed by atoms with Crippen molar-refractivity contribution in [3.8, 4) is 0 Å². The van der Waals surface area contributed by atoms with Crippen molar-refractivity contribution in [2.24, 2.45) is 5.92 Å². The van der Waals surface area contributed by atoms with Crippen LogP contribution in [0.1, 0.15) is 32.8 Å². The minimum Gasteiger partial charge on any atom is -0.392 e. The largest absolute Gasteiger partial charge is 0.392 e. The fourth-order valence-corrected chi connectivity index (χ4v) is 1.71. The fourth-order valence-electron chi connectivity index (χ4n) is 1.71. The van der Waals surface area contributed by atoms with E-state index in [2.05, 4.69) is 36.8 Å². The molecule has 1 aromatic rings. The molecule has 0 aliphatic rings. The Bertz CT molecular complexity index is 312. The summed E-state index contributed by atoms with van der Waals surface area (Å²) < 4.78 is 0. The summed E-state index contributed by atoms with van der Waals surface area (Å²) in [5.41, 5.74) is 8.68. The Kier molecular flexibility index (Phi) is 6.94. The van der Waals surface area contributed by atoms with E-state index in [1.165, 1.54) is 5.56 Å². The van der Waals surface area contributed by atoms with E-state index in [-0.39, 0.29) is 6.04 Å². The van der Waals surface area contributed by atoms with Gasteiger partial charge in [-0.05, 0) is 31.2 Å². The van der Waals surface area contributed by atoms with Gasteiger partial charge in [0.15, 0.2) is 0 Å². The van der Waals surface area contributed by atoms with Crippen LogP contribution >= 0.6 is 0 Å². The predicted molar refractivity (Wildman–Crippen MR) is 75.2 cm³/mol. The van der Waals surface area contributed by atoms with Gasteiger partial charge < -0.3 is 5.11 Å². The minimum absolute atomic E-state index is 0.0837. The molecule has 1 rings (SSSR count). The van der Waals surface area contributed by atoms with E-state index in [0.29, 0.717) is 5.92 Å². The molecule has 2 unspecified atom stereocenters. The van der Waals surface area contributed by atoms with Crippen LogP contribution in [-0.2, 0) is 6.42 Å². The first kappa shape index (κ1) is 15.2. The number of aliphatic hydroxyl groups is 1. The number of nitrogens with zero attached hydrogens (tertiary/aromatic N) is 1. The standard InChI is InChI=1S/C15H25N2O/c1-12(2)9-10-16-17-15(13(3)18)11-14-7-5-4-6-8-14/h4-8,12-13,15-16,18H,9-11H2,1-3H3. The normalized spacial score (nSPS) is 14.7. The van der Waals surface area contributed by atoms with Crippen molar-refractivity contribution < 1.29 is 5.11 Å². The minimum atomic E-state index is -0.434. The highest BCUT2D eigenvalue weighted by Crippen LogP contribution is 2.06. The van der Waals surface area contributed by atoms with Crippen LogP contribution in [0.2, 0.25) is 0 Å². The van der Waals surface area contributed by atoms with E-state index in [1.807, 2.05) is 18.2 Å². The third-order valence-electron chi connectivity index (χ3n) is 2.94. The molecule has 0 aromatic heterocycles. The van der Waals surface area contributed by atoms with Crippen molar-refractivity contribution in [3.63, 3.8) is 0 Å². The van der Waals surface area contributed by atoms with E-state index in [0.717, 1.165) is 19.4 Å². The molecule has 0 aliphatic carbocycles. The molecule has 3 heteroatoms. The second kappa shape index (κ2) is 8.25. The van der Waals surface area contributed by atoms with Crippen LogP contribution in [0.15, 0.2) is 30.3 Å². The van der Waals surface area contributed by atoms with Gasteiger partial charge in [0, 0.05) is 6.54 Å². The Balaban J connectivity index is 2.36. The molecule has 1 aromatic carbocycles. The zero-order chi connectivity index (χ0) is 13.4. The predicted octanol–water partition coefficient (Wildman–Crippen LogP) is 2.13. The quantitative estimate of drug-likeness (QED) is 0.547. The van der Waals surface area contributed by atoms with Crippen LogP contribution in [0, 0.1) is 5.92 Å². The number of nitrogens with one attached hydrogen (secondary N) is 1. The molecule has 0 saturated carbocycles. The second-order valence-electron chi connectivity index (χ2n) is 5.22. The molecule has 0 fully saturated rings. The summed E-state index contributed by atoms with van der Waals surface area (Å²) in [6.45, 7) is 7.05. The van der Waals surface area contributed by atoms with Gasteiger partial charge in [0.1, 0.15) is 0 Å². The topological polar surface area (TPSA) is 46.4 Å². The first-order valence-corrected chi connectivity index (χ1v) is 6.74. The molecule has 0 amide bonds. The van der Waals surface area contributed by atoms with Crippen LogP contribution in [0.25, 0.3) is 0 Å². The number of benzene rings is 1. The molecule has 0 bridgehead atoms. The summed E-state index contributed by atoms with van der Waals surface area (Å²) in [5, 5.41) is 9.75. The molecule has 0 saturated heterocycles. The van der Waals surface area contributed by atoms with Crippen molar-refractivity contribution in [1.29, 1.82) is 0 Å². The zero-order valence-electron chi connectivity index (χ0n) is 11.6. The van der Waals surface area contributed by atoms with Crippen molar-refractivity contribution in [2.75, 3.05) is 6.54 Å². The van der Waals surface area contributed by atoms with E-state index >= 15 is 0 Å². The molecule has 0 spiro atoms. The molecular formula is C15H25N2O. The van der Waals surface area contributed by atoms with Gasteiger partial charge in [0.05, 0.1) is 12.1 Å². The van der Waals surface area contributed by atoms with Crippen LogP contribution < -0.4 is 10.9 Å². The van der Waals surface area contributed by atoms with E-state index in [9.17, 15) is 5.11 Å². The van der Waals surface area contributed by atoms with Gasteiger partial charge in [-0.2, -0.15) is 5.43 Å². The second-order valence-corrected chi connectivity index (χ2v) is 5.22. The third kappa shape index (κ3) is 6.15. The smallest absolute Gasteiger partial charge is 0.0712 e. The number of rotatable bonds is 8. The maximum Gasteiger partial charge on any atom is 0.0712 e. The van der Waals surface area contributed by atoms with Crippen LogP contribution in [0.4, 0.5) is 0 Å². The van der Waals surface area contributed by atoms with Gasteiger partial charge in [-0.25, -0.2) is 5.43 Å². The molecule has 2 atom stereocenters. The summed E-state index contributed by atoms with van der Waals surface area (Å²) in [4.78, 5) is 0. The molecular weight excluding hydrogens is 224 g/mol. The SMILES string of the molecule is CC(C)CCN[N]C(Cc1ccccc1)C(C)O. The molecule has 0 aliphatic heterocycles. The fraction of sp³-hybridized carbons (Fsp3) is 0.600. The molecule has 3 nitrogen and oxygen atoms in total. The Hall–Kier alpha value is -0.900. The Morgan fingerprint density at radius 2 is 1.83 bits per heavy atom. The van der Waals surface area contributed by atoms with Crippen LogP contribution in [0.3, 0.4) is 0 Å². The van der Waals surface area contributed by atoms with Gasteiger partial charge in [-0.15, -0.1) is 0 Å². The molecule has 1 radical (unpaired) electrons. The average molecular weight is 249 g/mol. The number of hydrogen-bond donors (Lipinski definition) is 2. The summed E-state index contributed by atoms with van der Waals surface area (Å²) in [7, 11) is 0. The van der Waals surface area contributed by atoms with Gasteiger partial charge >= 0.3 is 0 Å². The lowest BCUT2D eigenvalue weighted by Crippen LogP contribution is -2.42. The lowest BCUT2D eigenvalue weighted by molar-refractivity contribution is 0.133. The van der Waals surface area contributed by atoms with Gasteiger partial charge in [-0.3, -0.25) is 0 Å². The zero-order valence-corrected chi connectivity index (χ0v) is 11.6. The van der Waals surface area contributed by atoms with E-state index in [1.54, 1.807) is 6.92 Å². The molecule has 101 valence electrons. The van der Waals surface area contributed by atoms with Crippen molar-refractivity contribution in [3.05, 3.63) is 35.9 Å². The monoisotopic (exact) mass is 249 g/mol. The highest BCUT2D eigenvalue weighted by Gasteiger charge is 2.16. The van der Waals surface area contributed by atoms with Crippen LogP contribution in [-0.4, -0.2) is 23.8 Å². The van der Waals surface area contributed by atoms with Gasteiger partial charge in [-0.1, -0.05) is 44.2 Å². The van der Waals surface area contributed by atoms with Crippen molar-refractivity contribution in [2.45, 2.75) is 45.8 Å². The lowest BCUT2D eigenvalue weighted by Gasteiger charge is -2.20. The van der Waals surface area contributed by atoms with Gasteiger partial charge in [0.2, 0.25) is 0 Å². The number of aliphatic hydroxyl groups excluding tert-OH is 1. The summed E-state index contributed by atoms with van der Waals surface area (Å²) in [6, 6.07) is 10.1. The van der Waals surface area contributed by atoms with Crippen LogP contribution in [0.5, 0.6) is 0 Å².